The number of amides is 2. The van der Waals surface area contributed by atoms with Crippen LogP contribution in [0.5, 0.6) is 0 Å². The van der Waals surface area contributed by atoms with Gasteiger partial charge in [-0.1, -0.05) is 18.2 Å². The lowest BCUT2D eigenvalue weighted by Gasteiger charge is -2.13. The van der Waals surface area contributed by atoms with Gasteiger partial charge < -0.3 is 10.6 Å². The SMILES string of the molecule is Cc1nc2ncnn2c(C)c1CCC(=O)Nc1ccccc1C(=O)Nc1cccc(C(F)(F)F)c1. The van der Waals surface area contributed by atoms with Crippen LogP contribution in [0.1, 0.15) is 39.3 Å². The molecule has 0 aliphatic carbocycles. The predicted molar refractivity (Wildman–Crippen MR) is 123 cm³/mol. The van der Waals surface area contributed by atoms with E-state index >= 15 is 0 Å². The average molecular weight is 482 g/mol. The highest BCUT2D eigenvalue weighted by atomic mass is 19.4. The third-order valence-electron chi connectivity index (χ3n) is 5.48. The number of hydrogen-bond acceptors (Lipinski definition) is 5. The summed E-state index contributed by atoms with van der Waals surface area (Å²) in [5, 5.41) is 9.31. The first kappa shape index (κ1) is 23.9. The minimum Gasteiger partial charge on any atom is -0.325 e. The number of alkyl halides is 3. The highest BCUT2D eigenvalue weighted by Gasteiger charge is 2.30. The number of fused-ring (bicyclic) bond motifs is 1. The molecule has 0 spiro atoms. The van der Waals surface area contributed by atoms with Crippen molar-refractivity contribution in [2.75, 3.05) is 10.6 Å². The molecule has 0 bridgehead atoms. The number of para-hydroxylation sites is 1. The number of rotatable bonds is 6. The Bertz CT molecular complexity index is 1410. The van der Waals surface area contributed by atoms with Gasteiger partial charge in [-0.25, -0.2) is 9.50 Å². The summed E-state index contributed by atoms with van der Waals surface area (Å²) in [7, 11) is 0. The first-order chi connectivity index (χ1) is 16.6. The summed E-state index contributed by atoms with van der Waals surface area (Å²) in [5.41, 5.74) is 1.94. The molecule has 4 rings (SSSR count). The Kier molecular flexibility index (Phi) is 6.50. The van der Waals surface area contributed by atoms with E-state index in [0.717, 1.165) is 29.1 Å². The second kappa shape index (κ2) is 9.53. The van der Waals surface area contributed by atoms with Crippen LogP contribution in [0, 0.1) is 13.8 Å². The second-order valence-electron chi connectivity index (χ2n) is 7.86. The minimum atomic E-state index is -4.53. The first-order valence-electron chi connectivity index (χ1n) is 10.7. The maximum absolute atomic E-state index is 13.0. The van der Waals surface area contributed by atoms with E-state index in [0.29, 0.717) is 12.2 Å². The third-order valence-corrected chi connectivity index (χ3v) is 5.48. The van der Waals surface area contributed by atoms with E-state index in [1.807, 2.05) is 13.8 Å². The third kappa shape index (κ3) is 5.29. The van der Waals surface area contributed by atoms with Crippen molar-refractivity contribution in [3.8, 4) is 0 Å². The Morgan fingerprint density at radius 2 is 1.80 bits per heavy atom. The molecule has 0 atom stereocenters. The van der Waals surface area contributed by atoms with E-state index in [2.05, 4.69) is 25.7 Å². The van der Waals surface area contributed by atoms with E-state index in [9.17, 15) is 22.8 Å². The van der Waals surface area contributed by atoms with E-state index in [-0.39, 0.29) is 29.3 Å². The molecule has 0 saturated heterocycles. The fraction of sp³-hybridized carbons (Fsp3) is 0.208. The Balaban J connectivity index is 1.46. The number of carbonyl (C=O) groups excluding carboxylic acids is 2. The van der Waals surface area contributed by atoms with Crippen molar-refractivity contribution >= 4 is 29.0 Å². The number of carbonyl (C=O) groups is 2. The predicted octanol–water partition coefficient (Wildman–Crippen LogP) is 4.58. The van der Waals surface area contributed by atoms with Crippen molar-refractivity contribution in [1.29, 1.82) is 0 Å². The summed E-state index contributed by atoms with van der Waals surface area (Å²) in [6.07, 6.45) is -2.61. The second-order valence-corrected chi connectivity index (χ2v) is 7.86. The zero-order chi connectivity index (χ0) is 25.2. The van der Waals surface area contributed by atoms with E-state index in [1.54, 1.807) is 22.7 Å². The first-order valence-corrected chi connectivity index (χ1v) is 10.7. The highest BCUT2D eigenvalue weighted by molar-refractivity contribution is 6.10. The van der Waals surface area contributed by atoms with Gasteiger partial charge in [0.15, 0.2) is 0 Å². The number of halogens is 3. The summed E-state index contributed by atoms with van der Waals surface area (Å²) in [6, 6.07) is 10.6. The number of aromatic nitrogens is 4. The number of nitrogens with one attached hydrogen (secondary N) is 2. The number of aryl methyl sites for hydroxylation is 2. The molecule has 2 heterocycles. The Hall–Kier alpha value is -4.28. The number of benzene rings is 2. The summed E-state index contributed by atoms with van der Waals surface area (Å²) in [4.78, 5) is 33.9. The fourth-order valence-corrected chi connectivity index (χ4v) is 3.73. The molecule has 0 fully saturated rings. The van der Waals surface area contributed by atoms with Crippen LogP contribution in [0.3, 0.4) is 0 Å². The van der Waals surface area contributed by atoms with Gasteiger partial charge >= 0.3 is 6.18 Å². The molecule has 4 aromatic rings. The Morgan fingerprint density at radius 3 is 2.57 bits per heavy atom. The number of hydrogen-bond donors (Lipinski definition) is 2. The van der Waals surface area contributed by atoms with Gasteiger partial charge in [0.25, 0.3) is 11.7 Å². The maximum Gasteiger partial charge on any atom is 0.416 e. The summed E-state index contributed by atoms with van der Waals surface area (Å²) >= 11 is 0. The highest BCUT2D eigenvalue weighted by Crippen LogP contribution is 2.31. The van der Waals surface area contributed by atoms with Crippen molar-refractivity contribution in [3.05, 3.63) is 82.9 Å². The monoisotopic (exact) mass is 482 g/mol. The molecule has 0 aliphatic heterocycles. The van der Waals surface area contributed by atoms with Crippen molar-refractivity contribution in [2.24, 2.45) is 0 Å². The van der Waals surface area contributed by atoms with Gasteiger partial charge in [0.2, 0.25) is 5.91 Å². The van der Waals surface area contributed by atoms with Gasteiger partial charge in [0, 0.05) is 23.5 Å². The molecule has 8 nitrogen and oxygen atoms in total. The van der Waals surface area contributed by atoms with Gasteiger partial charge in [-0.05, 0) is 56.2 Å². The Morgan fingerprint density at radius 1 is 1.03 bits per heavy atom. The molecule has 11 heteroatoms. The maximum atomic E-state index is 13.0. The standard InChI is InChI=1S/C24H21F3N6O2/c1-14-18(15(2)33-23(30-14)28-13-29-33)10-11-21(34)32-20-9-4-3-8-19(20)22(35)31-17-7-5-6-16(12-17)24(25,26)27/h3-9,12-13H,10-11H2,1-2H3,(H,31,35)(H,32,34). The van der Waals surface area contributed by atoms with Crippen molar-refractivity contribution in [3.63, 3.8) is 0 Å². The summed E-state index contributed by atoms with van der Waals surface area (Å²) in [5.74, 6) is -0.497. The molecular formula is C24H21F3N6O2. The lowest BCUT2D eigenvalue weighted by Crippen LogP contribution is -2.19. The summed E-state index contributed by atoms with van der Waals surface area (Å²) in [6.45, 7) is 3.71. The molecule has 0 unspecified atom stereocenters. The molecule has 0 aliphatic rings. The molecule has 0 radical (unpaired) electrons. The zero-order valence-corrected chi connectivity index (χ0v) is 18.8. The lowest BCUT2D eigenvalue weighted by molar-refractivity contribution is -0.137. The molecule has 2 aromatic carbocycles. The van der Waals surface area contributed by atoms with Crippen LogP contribution >= 0.6 is 0 Å². The zero-order valence-electron chi connectivity index (χ0n) is 18.8. The average Bonchev–Trinajstić information content (AvgIpc) is 3.27. The molecular weight excluding hydrogens is 461 g/mol. The van der Waals surface area contributed by atoms with Crippen LogP contribution < -0.4 is 10.6 Å². The molecule has 180 valence electrons. The quantitative estimate of drug-likeness (QED) is 0.419. The smallest absolute Gasteiger partial charge is 0.325 e. The number of anilines is 2. The van der Waals surface area contributed by atoms with E-state index in [4.69, 9.17) is 0 Å². The van der Waals surface area contributed by atoms with Crippen LogP contribution in [-0.2, 0) is 17.4 Å². The van der Waals surface area contributed by atoms with E-state index in [1.165, 1.54) is 24.5 Å². The summed E-state index contributed by atoms with van der Waals surface area (Å²) < 4.78 is 40.5. The van der Waals surface area contributed by atoms with Crippen LogP contribution in [0.2, 0.25) is 0 Å². The number of nitrogens with zero attached hydrogens (tertiary/aromatic N) is 4. The molecule has 2 N–H and O–H groups in total. The molecule has 35 heavy (non-hydrogen) atoms. The van der Waals surface area contributed by atoms with Gasteiger partial charge in [-0.3, -0.25) is 9.59 Å². The minimum absolute atomic E-state index is 0.00657. The fourth-order valence-electron chi connectivity index (χ4n) is 3.73. The van der Waals surface area contributed by atoms with Crippen molar-refractivity contribution < 1.29 is 22.8 Å². The van der Waals surface area contributed by atoms with Crippen LogP contribution in [-0.4, -0.2) is 31.4 Å². The largest absolute Gasteiger partial charge is 0.416 e. The molecule has 2 amide bonds. The van der Waals surface area contributed by atoms with Crippen LogP contribution in [0.15, 0.2) is 54.9 Å². The van der Waals surface area contributed by atoms with Crippen molar-refractivity contribution in [1.82, 2.24) is 19.6 Å². The van der Waals surface area contributed by atoms with Crippen LogP contribution in [0.4, 0.5) is 24.5 Å². The van der Waals surface area contributed by atoms with Gasteiger partial charge in [-0.15, -0.1) is 0 Å². The normalized spacial score (nSPS) is 11.5. The topological polar surface area (TPSA) is 101 Å². The van der Waals surface area contributed by atoms with E-state index < -0.39 is 17.6 Å². The Labute approximate surface area is 198 Å². The van der Waals surface area contributed by atoms with Gasteiger partial charge in [0.1, 0.15) is 6.33 Å². The lowest BCUT2D eigenvalue weighted by atomic mass is 10.1. The molecule has 0 saturated carbocycles. The van der Waals surface area contributed by atoms with Gasteiger partial charge in [-0.2, -0.15) is 23.3 Å². The van der Waals surface area contributed by atoms with Crippen LogP contribution in [0.25, 0.3) is 5.78 Å². The van der Waals surface area contributed by atoms with Crippen molar-refractivity contribution in [2.45, 2.75) is 32.9 Å². The van der Waals surface area contributed by atoms with Gasteiger partial charge in [0.05, 0.1) is 16.8 Å². The molecule has 2 aromatic heterocycles.